The van der Waals surface area contributed by atoms with Gasteiger partial charge in [0.1, 0.15) is 0 Å². The van der Waals surface area contributed by atoms with Gasteiger partial charge in [-0.2, -0.15) is 0 Å². The number of nitrogens with zero attached hydrogens (tertiary/aromatic N) is 2. The van der Waals surface area contributed by atoms with E-state index in [1.165, 1.54) is 0 Å². The monoisotopic (exact) mass is 197 g/mol. The van der Waals surface area contributed by atoms with Crippen LogP contribution in [0.2, 0.25) is 0 Å². The van der Waals surface area contributed by atoms with Crippen LogP contribution in [0.3, 0.4) is 0 Å². The summed E-state index contributed by atoms with van der Waals surface area (Å²) in [5.41, 5.74) is 11.5. The van der Waals surface area contributed by atoms with Crippen LogP contribution in [0.25, 0.3) is 11.2 Å². The molecule has 0 saturated heterocycles. The Bertz CT molecular complexity index is 13.5. The fraction of sp³-hybridized carbons (Fsp3) is 0. The Labute approximate surface area is 48.5 Å². The third kappa shape index (κ3) is 3100. The van der Waals surface area contributed by atoms with Crippen molar-refractivity contribution in [3.05, 3.63) is 21.0 Å². The fourth-order valence-corrected chi connectivity index (χ4v) is 0. The molecule has 0 radical (unpaired) electrons. The van der Waals surface area contributed by atoms with Gasteiger partial charge in [0.2, 0.25) is 0 Å². The van der Waals surface area contributed by atoms with Crippen molar-refractivity contribution in [2.24, 2.45) is 0 Å². The summed E-state index contributed by atoms with van der Waals surface area (Å²) in [6.45, 7) is 0. The maximum absolute atomic E-state index is 7.25. The maximum atomic E-state index is 7.25. The molecular weight excluding hydrogens is 197 g/mol. The normalized spacial score (nSPS) is 2.17. The van der Waals surface area contributed by atoms with E-state index in [-0.39, 0.29) is 0 Å². The van der Waals surface area contributed by atoms with Gasteiger partial charge in [0.15, 0.2) is 0 Å². The van der Waals surface area contributed by atoms with Gasteiger partial charge in [0.25, 0.3) is 0 Å². The molecule has 0 aliphatic rings. The summed E-state index contributed by atoms with van der Waals surface area (Å²) < 4.78 is 0. The first kappa shape index (κ1) is 16.5. The molecule has 0 unspecified atom stereocenters. The molecule has 0 aliphatic carbocycles. The van der Waals surface area contributed by atoms with E-state index in [1.54, 1.807) is 0 Å². The van der Waals surface area contributed by atoms with Crippen LogP contribution in [0.15, 0.2) is 0 Å². The molecule has 6 heteroatoms. The topological polar surface area (TPSA) is 78.7 Å². The molecule has 0 spiro atoms. The van der Waals surface area contributed by atoms with Gasteiger partial charge in [-0.1, -0.05) is 0 Å². The Morgan fingerprint density at radius 3 is 1.00 bits per heavy atom. The molecule has 0 N–H and O–H groups in total. The van der Waals surface area contributed by atoms with Crippen molar-refractivity contribution in [1.29, 1.82) is 0 Å². The molecule has 0 bridgehead atoms. The number of halogens is 1. The predicted molar refractivity (Wildman–Crippen MR) is 19.3 cm³/mol. The molecule has 0 aromatic carbocycles. The molecule has 0 amide bonds. The quantitative estimate of drug-likeness (QED) is 0.548. The van der Waals surface area contributed by atoms with Crippen LogP contribution in [0.5, 0.6) is 0 Å². The minimum atomic E-state index is 1.82. The molecule has 0 heterocycles. The van der Waals surface area contributed by atoms with Crippen LogP contribution in [0.1, 0.15) is 0 Å². The van der Waals surface area contributed by atoms with Crippen LogP contribution >= 0.6 is 9.69 Å². The number of hydrogen-bond donors (Lipinski definition) is 0. The van der Waals surface area contributed by atoms with E-state index < -0.39 is 0 Å². The van der Waals surface area contributed by atoms with E-state index in [9.17, 15) is 0 Å². The van der Waals surface area contributed by atoms with Gasteiger partial charge in [-0.15, -0.1) is 0 Å². The molecule has 0 atom stereocenters. The largest absolute Gasteiger partial charge is 0.577 e. The van der Waals surface area contributed by atoms with E-state index in [4.69, 9.17) is 21.0 Å². The zero-order valence-corrected chi connectivity index (χ0v) is 4.94. The van der Waals surface area contributed by atoms with Gasteiger partial charge in [-0.05, 0) is 0 Å². The molecule has 0 rings (SSSR count). The Morgan fingerprint density at radius 2 is 1.00 bits per heavy atom. The zero-order valence-electron chi connectivity index (χ0n) is 2.44. The average Bonchev–Trinajstić information content (AvgIpc) is 1.81. The molecule has 0 aliphatic heterocycles. The van der Waals surface area contributed by atoms with Crippen LogP contribution in [-0.4, -0.2) is 0 Å². The molecule has 0 saturated carbocycles. The summed E-state index contributed by atoms with van der Waals surface area (Å²) in [7, 11) is 4.57. The van der Waals surface area contributed by atoms with E-state index >= 15 is 0 Å². The van der Waals surface area contributed by atoms with Crippen molar-refractivity contribution < 1.29 is 17.3 Å². The second-order valence-corrected chi connectivity index (χ2v) is 0. The minimum Gasteiger partial charge on any atom is -0.577 e. The Morgan fingerprint density at radius 1 is 1.00 bits per heavy atom. The second-order valence-electron chi connectivity index (χ2n) is 0. The van der Waals surface area contributed by atoms with E-state index in [1.807, 2.05) is 17.3 Å². The van der Waals surface area contributed by atoms with Crippen molar-refractivity contribution in [3.8, 4) is 0 Å². The van der Waals surface area contributed by atoms with Gasteiger partial charge in [-0.25, -0.2) is 0 Å². The van der Waals surface area contributed by atoms with Crippen molar-refractivity contribution in [3.63, 3.8) is 0 Å². The third-order valence-electron chi connectivity index (χ3n) is 0. The van der Waals surface area contributed by atoms with Gasteiger partial charge >= 0.3 is 27.0 Å². The molecule has 0 aromatic rings. The Hall–Kier alpha value is 0.113. The van der Waals surface area contributed by atoms with E-state index in [0.29, 0.717) is 0 Å². The molecule has 6 heavy (non-hydrogen) atoms. The van der Waals surface area contributed by atoms with Crippen molar-refractivity contribution in [2.75, 3.05) is 0 Å². The Balaban J connectivity index is -0.0000000225. The number of nitroso groups, excluding NO2 is 2. The van der Waals surface area contributed by atoms with Crippen molar-refractivity contribution >= 4 is 9.69 Å². The summed E-state index contributed by atoms with van der Waals surface area (Å²) in [5.74, 6) is 0. The molecule has 0 fully saturated rings. The first-order valence-electron chi connectivity index (χ1n) is 0.499. The van der Waals surface area contributed by atoms with Gasteiger partial charge in [-0.3, -0.25) is 0 Å². The van der Waals surface area contributed by atoms with Crippen LogP contribution in [-0.2, 0) is 17.3 Å². The van der Waals surface area contributed by atoms with Gasteiger partial charge < -0.3 is 21.0 Å². The average molecular weight is 197 g/mol. The summed E-state index contributed by atoms with van der Waals surface area (Å²) in [4.78, 5) is 14.5. The molecular formula is ClN2O2Ru. The fourth-order valence-electron chi connectivity index (χ4n) is 0. The molecule has 0 aromatic heterocycles. The van der Waals surface area contributed by atoms with Crippen LogP contribution in [0.4, 0.5) is 0 Å². The van der Waals surface area contributed by atoms with Gasteiger partial charge in [0, 0.05) is 0 Å². The first-order chi connectivity index (χ1) is 3.00. The SMILES string of the molecule is [Cl][Ru+2].[N-]=O.[N-]=O. The predicted octanol–water partition coefficient (Wildman–Crippen LogP) is 1.33. The maximum Gasteiger partial charge on any atom is -0.423 e. The van der Waals surface area contributed by atoms with Crippen LogP contribution < -0.4 is 0 Å². The minimum absolute atomic E-state index is 1.82. The van der Waals surface area contributed by atoms with E-state index in [0.717, 1.165) is 0 Å². The van der Waals surface area contributed by atoms with Gasteiger partial charge in [0.05, 0.1) is 0 Å². The smallest absolute Gasteiger partial charge is 0.423 e. The molecule has 4 nitrogen and oxygen atoms in total. The second kappa shape index (κ2) is 6730. The van der Waals surface area contributed by atoms with Crippen molar-refractivity contribution in [2.45, 2.75) is 0 Å². The third-order valence-corrected chi connectivity index (χ3v) is 0. The summed E-state index contributed by atoms with van der Waals surface area (Å²) in [5, 5.41) is 0. The standard InChI is InChI=1S/ClH.2NO.Ru/c;2*1-2;/h1H;;;/q;2*-1;+3/p-1. The number of hydrogen-bond acceptors (Lipinski definition) is 2. The first-order valence-corrected chi connectivity index (χ1v) is 2.74. The van der Waals surface area contributed by atoms with Crippen LogP contribution in [0, 0.1) is 9.81 Å². The van der Waals surface area contributed by atoms with E-state index in [2.05, 4.69) is 9.69 Å². The number of rotatable bonds is 0. The summed E-state index contributed by atoms with van der Waals surface area (Å²) in [6.07, 6.45) is 0. The summed E-state index contributed by atoms with van der Waals surface area (Å²) >= 11 is 1.82. The molecule has 37 valence electrons. The summed E-state index contributed by atoms with van der Waals surface area (Å²) in [6, 6.07) is 0. The van der Waals surface area contributed by atoms with Crippen molar-refractivity contribution in [1.82, 2.24) is 0 Å². The Kier molecular flexibility index (Phi) is 18500. The zero-order chi connectivity index (χ0) is 6.00.